The van der Waals surface area contributed by atoms with Gasteiger partial charge < -0.3 is 9.47 Å². The summed E-state index contributed by atoms with van der Waals surface area (Å²) in [4.78, 5) is 30.0. The molecular weight excluding hydrogens is 248 g/mol. The van der Waals surface area contributed by atoms with Crippen molar-refractivity contribution < 1.29 is 19.1 Å². The molecule has 0 aliphatic heterocycles. The fraction of sp³-hybridized carbons (Fsp3) is 0.385. The highest BCUT2D eigenvalue weighted by Crippen LogP contribution is 2.01. The second kappa shape index (κ2) is 7.97. The minimum atomic E-state index is -0.724. The summed E-state index contributed by atoms with van der Waals surface area (Å²) in [6, 6.07) is 3.48. The van der Waals surface area contributed by atoms with E-state index in [-0.39, 0.29) is 13.0 Å². The Labute approximate surface area is 111 Å². The molecule has 0 fully saturated rings. The highest BCUT2D eigenvalue weighted by atomic mass is 16.5. The van der Waals surface area contributed by atoms with Crippen LogP contribution in [0, 0.1) is 0 Å². The fourth-order valence-corrected chi connectivity index (χ4v) is 1.27. The van der Waals surface area contributed by atoms with Gasteiger partial charge in [0.05, 0.1) is 13.0 Å². The minimum absolute atomic E-state index is 0.0157. The lowest BCUT2D eigenvalue weighted by atomic mass is 10.3. The van der Waals surface area contributed by atoms with Crippen LogP contribution in [0.15, 0.2) is 29.5 Å². The first-order valence-corrected chi connectivity index (χ1v) is 5.87. The smallest absolute Gasteiger partial charge is 0.433 e. The summed E-state index contributed by atoms with van der Waals surface area (Å²) >= 11 is 0. The summed E-state index contributed by atoms with van der Waals surface area (Å²) in [5, 5.41) is 0. The molecule has 0 aliphatic carbocycles. The van der Waals surface area contributed by atoms with Crippen molar-refractivity contribution in [2.75, 3.05) is 6.61 Å². The van der Waals surface area contributed by atoms with Crippen molar-refractivity contribution in [3.8, 4) is 0 Å². The first-order chi connectivity index (χ1) is 9.11. The first-order valence-electron chi connectivity index (χ1n) is 5.87. The Morgan fingerprint density at radius 2 is 1.95 bits per heavy atom. The first kappa shape index (κ1) is 14.8. The second-order valence-corrected chi connectivity index (χ2v) is 3.74. The van der Waals surface area contributed by atoms with Crippen molar-refractivity contribution in [1.29, 1.82) is 0 Å². The number of carbonyl (C=O) groups excluding carboxylic acids is 2. The van der Waals surface area contributed by atoms with Gasteiger partial charge in [0.25, 0.3) is 0 Å². The third kappa shape index (κ3) is 6.30. The molecule has 0 saturated heterocycles. The van der Waals surface area contributed by atoms with Gasteiger partial charge in [-0.05, 0) is 31.5 Å². The van der Waals surface area contributed by atoms with Crippen molar-refractivity contribution >= 4 is 17.8 Å². The summed E-state index contributed by atoms with van der Waals surface area (Å²) in [6.07, 6.45) is 2.48. The van der Waals surface area contributed by atoms with Gasteiger partial charge in [-0.15, -0.1) is 0 Å². The van der Waals surface area contributed by atoms with E-state index >= 15 is 0 Å². The molecule has 0 N–H and O–H groups in total. The van der Waals surface area contributed by atoms with Gasteiger partial charge >= 0.3 is 12.1 Å². The zero-order valence-electron chi connectivity index (χ0n) is 11.0. The van der Waals surface area contributed by atoms with E-state index in [0.717, 1.165) is 5.56 Å². The third-order valence-corrected chi connectivity index (χ3v) is 2.10. The molecular formula is C13H16N2O4. The van der Waals surface area contributed by atoms with Gasteiger partial charge in [-0.25, -0.2) is 4.79 Å². The molecule has 19 heavy (non-hydrogen) atoms. The summed E-state index contributed by atoms with van der Waals surface area (Å²) in [7, 11) is 0. The largest absolute Gasteiger partial charge is 0.466 e. The van der Waals surface area contributed by atoms with Crippen LogP contribution < -0.4 is 0 Å². The number of rotatable bonds is 5. The molecule has 0 aliphatic rings. The number of aliphatic imine (C=N–C) groups is 1. The lowest BCUT2D eigenvalue weighted by Crippen LogP contribution is -2.11. The number of amides is 1. The average Bonchev–Trinajstić information content (AvgIpc) is 2.37. The topological polar surface area (TPSA) is 77.8 Å². The maximum atomic E-state index is 11.4. The number of hydrogen-bond donors (Lipinski definition) is 0. The van der Waals surface area contributed by atoms with Crippen molar-refractivity contribution in [3.05, 3.63) is 30.1 Å². The maximum absolute atomic E-state index is 11.4. The zero-order valence-corrected chi connectivity index (χ0v) is 11.0. The molecule has 1 rings (SSSR count). The number of nitrogens with zero attached hydrogens (tertiary/aromatic N) is 2. The molecule has 1 aromatic heterocycles. The molecule has 0 radical (unpaired) electrons. The van der Waals surface area contributed by atoms with Crippen LogP contribution in [0.3, 0.4) is 0 Å². The maximum Gasteiger partial charge on any atom is 0.433 e. The molecule has 1 aromatic rings. The van der Waals surface area contributed by atoms with Crippen LogP contribution >= 0.6 is 0 Å². The van der Waals surface area contributed by atoms with Crippen LogP contribution in [0.2, 0.25) is 0 Å². The third-order valence-electron chi connectivity index (χ3n) is 2.10. The van der Waals surface area contributed by atoms with Crippen LogP contribution in [-0.2, 0) is 20.9 Å². The van der Waals surface area contributed by atoms with Gasteiger partial charge in [0, 0.05) is 18.1 Å². The molecule has 0 spiro atoms. The van der Waals surface area contributed by atoms with Crippen LogP contribution in [0.4, 0.5) is 4.79 Å². The molecule has 0 saturated carbocycles. The Morgan fingerprint density at radius 3 is 2.58 bits per heavy atom. The Morgan fingerprint density at radius 1 is 1.26 bits per heavy atom. The molecule has 0 bridgehead atoms. The average molecular weight is 264 g/mol. The molecule has 1 heterocycles. The summed E-state index contributed by atoms with van der Waals surface area (Å²) in [5.41, 5.74) is 1.18. The lowest BCUT2D eigenvalue weighted by molar-refractivity contribution is -0.141. The van der Waals surface area contributed by atoms with E-state index in [9.17, 15) is 9.59 Å². The number of ether oxygens (including phenoxy) is 2. The Kier molecular flexibility index (Phi) is 6.21. The lowest BCUT2D eigenvalue weighted by Gasteiger charge is -2.03. The Bertz CT molecular complexity index is 457. The van der Waals surface area contributed by atoms with E-state index < -0.39 is 12.1 Å². The zero-order chi connectivity index (χ0) is 14.1. The Balaban J connectivity index is 2.39. The molecule has 102 valence electrons. The molecule has 1 amide bonds. The van der Waals surface area contributed by atoms with E-state index in [1.807, 2.05) is 0 Å². The summed E-state index contributed by atoms with van der Waals surface area (Å²) in [5.74, 6) is -0.411. The van der Waals surface area contributed by atoms with E-state index in [1.165, 1.54) is 0 Å². The highest BCUT2D eigenvalue weighted by Gasteiger charge is 2.07. The van der Waals surface area contributed by atoms with Crippen molar-refractivity contribution in [3.63, 3.8) is 0 Å². The van der Waals surface area contributed by atoms with E-state index in [1.54, 1.807) is 38.4 Å². The summed E-state index contributed by atoms with van der Waals surface area (Å²) < 4.78 is 9.68. The SMILES string of the molecule is CCOC(=O)CC(C)=NC(=O)OCc1ccncc1. The van der Waals surface area contributed by atoms with Gasteiger partial charge in [-0.2, -0.15) is 4.99 Å². The van der Waals surface area contributed by atoms with Gasteiger partial charge in [0.15, 0.2) is 0 Å². The predicted octanol–water partition coefficient (Wildman–Crippen LogP) is 2.13. The number of carbonyl (C=O) groups is 2. The van der Waals surface area contributed by atoms with Gasteiger partial charge in [0.1, 0.15) is 6.61 Å². The summed E-state index contributed by atoms with van der Waals surface area (Å²) in [6.45, 7) is 3.72. The van der Waals surface area contributed by atoms with Crippen LogP contribution in [0.5, 0.6) is 0 Å². The van der Waals surface area contributed by atoms with E-state index in [0.29, 0.717) is 12.3 Å². The highest BCUT2D eigenvalue weighted by molar-refractivity contribution is 6.01. The fourth-order valence-electron chi connectivity index (χ4n) is 1.27. The van der Waals surface area contributed by atoms with Gasteiger partial charge in [0.2, 0.25) is 0 Å². The van der Waals surface area contributed by atoms with Gasteiger partial charge in [-0.1, -0.05) is 0 Å². The van der Waals surface area contributed by atoms with Crippen molar-refractivity contribution in [1.82, 2.24) is 4.98 Å². The molecule has 0 atom stereocenters. The normalized spacial score (nSPS) is 10.9. The Hall–Kier alpha value is -2.24. The monoisotopic (exact) mass is 264 g/mol. The van der Waals surface area contributed by atoms with Crippen LogP contribution in [-0.4, -0.2) is 29.4 Å². The predicted molar refractivity (Wildman–Crippen MR) is 68.8 cm³/mol. The molecule has 6 heteroatoms. The molecule has 6 nitrogen and oxygen atoms in total. The van der Waals surface area contributed by atoms with Crippen LogP contribution in [0.25, 0.3) is 0 Å². The number of esters is 1. The van der Waals surface area contributed by atoms with Crippen molar-refractivity contribution in [2.24, 2.45) is 4.99 Å². The number of aromatic nitrogens is 1. The van der Waals surface area contributed by atoms with E-state index in [2.05, 4.69) is 9.98 Å². The van der Waals surface area contributed by atoms with Crippen molar-refractivity contribution in [2.45, 2.75) is 26.9 Å². The van der Waals surface area contributed by atoms with E-state index in [4.69, 9.17) is 9.47 Å². The minimum Gasteiger partial charge on any atom is -0.466 e. The standard InChI is InChI=1S/C13H16N2O4/c1-3-18-12(16)8-10(2)15-13(17)19-9-11-4-6-14-7-5-11/h4-7H,3,8-9H2,1-2H3. The number of hydrogen-bond acceptors (Lipinski definition) is 5. The molecule has 0 aromatic carbocycles. The quantitative estimate of drug-likeness (QED) is 0.601. The number of pyridine rings is 1. The second-order valence-electron chi connectivity index (χ2n) is 3.74. The molecule has 0 unspecified atom stereocenters. The van der Waals surface area contributed by atoms with Crippen LogP contribution in [0.1, 0.15) is 25.8 Å². The van der Waals surface area contributed by atoms with Gasteiger partial charge in [-0.3, -0.25) is 9.78 Å².